The number of hydrogen-bond donors (Lipinski definition) is 1. The van der Waals surface area contributed by atoms with E-state index in [2.05, 4.69) is 4.98 Å². The van der Waals surface area contributed by atoms with Crippen LogP contribution < -0.4 is 0 Å². The molecule has 0 saturated carbocycles. The zero-order valence-corrected chi connectivity index (χ0v) is 14.0. The molecule has 0 aliphatic heterocycles. The highest BCUT2D eigenvalue weighted by Gasteiger charge is 2.31. The van der Waals surface area contributed by atoms with E-state index in [0.29, 0.717) is 6.61 Å². The van der Waals surface area contributed by atoms with Gasteiger partial charge in [0, 0.05) is 16.6 Å². The van der Waals surface area contributed by atoms with Crippen molar-refractivity contribution < 1.29 is 13.9 Å². The lowest BCUT2D eigenvalue weighted by Gasteiger charge is -2.22. The number of fused-ring (bicyclic) bond motifs is 1. The molecule has 0 fully saturated rings. The Morgan fingerprint density at radius 3 is 2.50 bits per heavy atom. The largest absolute Gasteiger partial charge is 0.465 e. The van der Waals surface area contributed by atoms with Crippen molar-refractivity contribution >= 4 is 16.9 Å². The molecule has 0 saturated heterocycles. The first-order valence-corrected chi connectivity index (χ1v) is 7.98. The Kier molecular flexibility index (Phi) is 4.14. The van der Waals surface area contributed by atoms with E-state index < -0.39 is 5.41 Å². The number of esters is 1. The average molecular weight is 325 g/mol. The van der Waals surface area contributed by atoms with E-state index in [1.165, 1.54) is 12.1 Å². The summed E-state index contributed by atoms with van der Waals surface area (Å²) < 4.78 is 18.3. The molecule has 124 valence electrons. The van der Waals surface area contributed by atoms with Gasteiger partial charge >= 0.3 is 5.97 Å². The van der Waals surface area contributed by atoms with Gasteiger partial charge in [0.1, 0.15) is 5.82 Å². The standard InChI is InChI=1S/C20H20FNO2/c1-4-24-19(23)20(2,3)15-7-10-17-14(11-15)12-18(22-17)13-5-8-16(21)9-6-13/h5-12,22H,4H2,1-3H3. The van der Waals surface area contributed by atoms with Gasteiger partial charge in [-0.05, 0) is 74.4 Å². The summed E-state index contributed by atoms with van der Waals surface area (Å²) in [6.45, 7) is 5.89. The van der Waals surface area contributed by atoms with Gasteiger partial charge < -0.3 is 9.72 Å². The Morgan fingerprint density at radius 1 is 1.12 bits per heavy atom. The van der Waals surface area contributed by atoms with Crippen LogP contribution >= 0.6 is 0 Å². The van der Waals surface area contributed by atoms with Gasteiger partial charge in [-0.1, -0.05) is 6.07 Å². The molecule has 4 heteroatoms. The summed E-state index contributed by atoms with van der Waals surface area (Å²) in [4.78, 5) is 15.5. The summed E-state index contributed by atoms with van der Waals surface area (Å²) in [6.07, 6.45) is 0. The van der Waals surface area contributed by atoms with Crippen LogP contribution in [-0.4, -0.2) is 17.6 Å². The van der Waals surface area contributed by atoms with Gasteiger partial charge in [0.15, 0.2) is 0 Å². The molecule has 0 spiro atoms. The molecule has 0 amide bonds. The minimum Gasteiger partial charge on any atom is -0.465 e. The van der Waals surface area contributed by atoms with Crippen molar-refractivity contribution in [1.82, 2.24) is 4.98 Å². The average Bonchev–Trinajstić information content (AvgIpc) is 2.98. The van der Waals surface area contributed by atoms with Crippen molar-refractivity contribution in [2.75, 3.05) is 6.61 Å². The normalized spacial score (nSPS) is 11.7. The molecule has 0 unspecified atom stereocenters. The number of H-pyrrole nitrogens is 1. The quantitative estimate of drug-likeness (QED) is 0.699. The number of aromatic amines is 1. The third-order valence-corrected chi connectivity index (χ3v) is 4.28. The molecule has 0 atom stereocenters. The molecule has 2 aromatic carbocycles. The van der Waals surface area contributed by atoms with Gasteiger partial charge in [-0.2, -0.15) is 0 Å². The summed E-state index contributed by atoms with van der Waals surface area (Å²) in [5.41, 5.74) is 2.99. The zero-order valence-electron chi connectivity index (χ0n) is 14.0. The van der Waals surface area contributed by atoms with Crippen molar-refractivity contribution in [3.05, 3.63) is 59.9 Å². The molecule has 24 heavy (non-hydrogen) atoms. The fourth-order valence-electron chi connectivity index (χ4n) is 2.74. The third-order valence-electron chi connectivity index (χ3n) is 4.28. The molecule has 0 aliphatic carbocycles. The highest BCUT2D eigenvalue weighted by Crippen LogP contribution is 2.30. The number of halogens is 1. The number of carbonyl (C=O) groups is 1. The Labute approximate surface area is 140 Å². The molecule has 1 aromatic heterocycles. The second-order valence-electron chi connectivity index (χ2n) is 6.34. The van der Waals surface area contributed by atoms with Crippen LogP contribution in [-0.2, 0) is 14.9 Å². The highest BCUT2D eigenvalue weighted by molar-refractivity contribution is 5.89. The lowest BCUT2D eigenvalue weighted by atomic mass is 9.84. The van der Waals surface area contributed by atoms with E-state index in [1.54, 1.807) is 19.1 Å². The molecule has 1 N–H and O–H groups in total. The first kappa shape index (κ1) is 16.2. The number of hydrogen-bond acceptors (Lipinski definition) is 2. The minimum absolute atomic E-state index is 0.237. The van der Waals surface area contributed by atoms with Crippen molar-refractivity contribution in [3.8, 4) is 11.3 Å². The second kappa shape index (κ2) is 6.11. The number of ether oxygens (including phenoxy) is 1. The predicted octanol–water partition coefficient (Wildman–Crippen LogP) is 4.81. The third kappa shape index (κ3) is 2.92. The maximum Gasteiger partial charge on any atom is 0.315 e. The second-order valence-corrected chi connectivity index (χ2v) is 6.34. The summed E-state index contributed by atoms with van der Waals surface area (Å²) in [5.74, 6) is -0.494. The van der Waals surface area contributed by atoms with Crippen molar-refractivity contribution in [3.63, 3.8) is 0 Å². The van der Waals surface area contributed by atoms with E-state index in [0.717, 1.165) is 27.7 Å². The van der Waals surface area contributed by atoms with E-state index >= 15 is 0 Å². The predicted molar refractivity (Wildman–Crippen MR) is 93.4 cm³/mol. The Hall–Kier alpha value is -2.62. The molecule has 1 heterocycles. The van der Waals surface area contributed by atoms with Crippen molar-refractivity contribution in [2.24, 2.45) is 0 Å². The zero-order chi connectivity index (χ0) is 17.3. The maximum atomic E-state index is 13.1. The van der Waals surface area contributed by atoms with Crippen molar-refractivity contribution in [1.29, 1.82) is 0 Å². The fraction of sp³-hybridized carbons (Fsp3) is 0.250. The molecule has 0 aliphatic rings. The number of benzene rings is 2. The smallest absolute Gasteiger partial charge is 0.315 e. The van der Waals surface area contributed by atoms with E-state index in [9.17, 15) is 9.18 Å². The summed E-state index contributed by atoms with van der Waals surface area (Å²) in [6, 6.07) is 14.3. The number of nitrogens with one attached hydrogen (secondary N) is 1. The Bertz CT molecular complexity index is 878. The maximum absolute atomic E-state index is 13.1. The summed E-state index contributed by atoms with van der Waals surface area (Å²) in [7, 11) is 0. The van der Waals surface area contributed by atoms with Crippen LogP contribution in [0.3, 0.4) is 0 Å². The van der Waals surface area contributed by atoms with Crippen LogP contribution in [0.5, 0.6) is 0 Å². The van der Waals surface area contributed by atoms with Gasteiger partial charge in [0.05, 0.1) is 12.0 Å². The molecule has 3 aromatic rings. The van der Waals surface area contributed by atoms with Gasteiger partial charge in [-0.15, -0.1) is 0 Å². The monoisotopic (exact) mass is 325 g/mol. The fourth-order valence-corrected chi connectivity index (χ4v) is 2.74. The molecular formula is C20H20FNO2. The SMILES string of the molecule is CCOC(=O)C(C)(C)c1ccc2[nH]c(-c3ccc(F)cc3)cc2c1. The van der Waals surface area contributed by atoms with Crippen molar-refractivity contribution in [2.45, 2.75) is 26.2 Å². The van der Waals surface area contributed by atoms with Gasteiger partial charge in [-0.25, -0.2) is 4.39 Å². The van der Waals surface area contributed by atoms with E-state index in [-0.39, 0.29) is 11.8 Å². The van der Waals surface area contributed by atoms with Gasteiger partial charge in [0.2, 0.25) is 0 Å². The summed E-state index contributed by atoms with van der Waals surface area (Å²) in [5, 5.41) is 1.00. The van der Waals surface area contributed by atoms with Gasteiger partial charge in [0.25, 0.3) is 0 Å². The molecule has 0 bridgehead atoms. The van der Waals surface area contributed by atoms with Crippen LogP contribution in [0.1, 0.15) is 26.3 Å². The lowest BCUT2D eigenvalue weighted by Crippen LogP contribution is -2.31. The number of rotatable bonds is 4. The highest BCUT2D eigenvalue weighted by atomic mass is 19.1. The molecule has 0 radical (unpaired) electrons. The molecule has 3 nitrogen and oxygen atoms in total. The number of aromatic nitrogens is 1. The van der Waals surface area contributed by atoms with E-state index in [4.69, 9.17) is 4.74 Å². The lowest BCUT2D eigenvalue weighted by molar-refractivity contribution is -0.148. The topological polar surface area (TPSA) is 42.1 Å². The Balaban J connectivity index is 2.00. The first-order chi connectivity index (χ1) is 11.4. The van der Waals surface area contributed by atoms with Crippen LogP contribution in [0.2, 0.25) is 0 Å². The first-order valence-electron chi connectivity index (χ1n) is 7.98. The molecule has 3 rings (SSSR count). The van der Waals surface area contributed by atoms with Gasteiger partial charge in [-0.3, -0.25) is 4.79 Å². The van der Waals surface area contributed by atoms with Crippen LogP contribution in [0.25, 0.3) is 22.2 Å². The molecular weight excluding hydrogens is 305 g/mol. The van der Waals surface area contributed by atoms with E-state index in [1.807, 2.05) is 38.1 Å². The van der Waals surface area contributed by atoms with Crippen LogP contribution in [0.4, 0.5) is 4.39 Å². The number of carbonyl (C=O) groups excluding carboxylic acids is 1. The summed E-state index contributed by atoms with van der Waals surface area (Å²) >= 11 is 0. The Morgan fingerprint density at radius 2 is 1.83 bits per heavy atom. The minimum atomic E-state index is -0.711. The van der Waals surface area contributed by atoms with Crippen LogP contribution in [0, 0.1) is 5.82 Å². The van der Waals surface area contributed by atoms with Crippen LogP contribution in [0.15, 0.2) is 48.5 Å².